The van der Waals surface area contributed by atoms with Gasteiger partial charge < -0.3 is 14.9 Å². The smallest absolute Gasteiger partial charge is 0.262 e. The van der Waals surface area contributed by atoms with Gasteiger partial charge in [0.15, 0.2) is 0 Å². The van der Waals surface area contributed by atoms with Crippen molar-refractivity contribution in [1.82, 2.24) is 14.9 Å². The molecule has 0 fully saturated rings. The molecule has 0 aliphatic rings. The van der Waals surface area contributed by atoms with Gasteiger partial charge in [0.25, 0.3) is 5.91 Å². The maximum atomic E-state index is 12.5. The molecule has 0 radical (unpaired) electrons. The summed E-state index contributed by atoms with van der Waals surface area (Å²) in [6.07, 6.45) is 6.10. The molecule has 0 saturated heterocycles. The number of nitrogens with zero attached hydrogens (tertiary/aromatic N) is 2. The molecule has 4 rings (SSSR count). The van der Waals surface area contributed by atoms with Crippen LogP contribution in [0.25, 0.3) is 22.7 Å². The monoisotopic (exact) mass is 414 g/mol. The molecular weight excluding hydrogens is 396 g/mol. The van der Waals surface area contributed by atoms with E-state index in [1.165, 1.54) is 0 Å². The molecule has 2 aromatic heterocycles. The van der Waals surface area contributed by atoms with Gasteiger partial charge in [-0.25, -0.2) is 0 Å². The van der Waals surface area contributed by atoms with Crippen LogP contribution in [0.1, 0.15) is 11.3 Å². The Hall–Kier alpha value is -3.75. The van der Waals surface area contributed by atoms with Crippen molar-refractivity contribution in [3.63, 3.8) is 0 Å². The van der Waals surface area contributed by atoms with Gasteiger partial charge in [-0.15, -0.1) is 0 Å². The van der Waals surface area contributed by atoms with Crippen molar-refractivity contribution in [3.05, 3.63) is 94.9 Å². The fraction of sp³-hybridized carbons (Fsp3) is 0.0833. The van der Waals surface area contributed by atoms with Gasteiger partial charge in [0.05, 0.1) is 0 Å². The van der Waals surface area contributed by atoms with Gasteiger partial charge in [-0.2, -0.15) is 5.26 Å². The third-order valence-corrected chi connectivity index (χ3v) is 5.15. The topological polar surface area (TPSA) is 73.6 Å². The normalized spacial score (nSPS) is 11.4. The zero-order valence-corrected chi connectivity index (χ0v) is 16.9. The van der Waals surface area contributed by atoms with E-state index in [9.17, 15) is 10.1 Å². The van der Waals surface area contributed by atoms with Gasteiger partial charge >= 0.3 is 0 Å². The highest BCUT2D eigenvalue weighted by atomic mass is 35.5. The summed E-state index contributed by atoms with van der Waals surface area (Å²) in [5.41, 5.74) is 3.89. The number of amides is 1. The minimum absolute atomic E-state index is 0.0582. The van der Waals surface area contributed by atoms with E-state index in [0.717, 1.165) is 27.8 Å². The van der Waals surface area contributed by atoms with E-state index in [1.54, 1.807) is 18.2 Å². The number of H-pyrrole nitrogens is 1. The van der Waals surface area contributed by atoms with Gasteiger partial charge in [-0.3, -0.25) is 4.79 Å². The molecular formula is C24H19ClN4O. The van der Waals surface area contributed by atoms with E-state index < -0.39 is 0 Å². The number of hydrogen-bond acceptors (Lipinski definition) is 2. The molecule has 0 aliphatic heterocycles. The number of benzene rings is 2. The SMILES string of the molecule is N#C/C(=C/c1cccn1-c1ccc(Cl)cc1)C(=O)NCCc1c[nH]c2ccccc12. The van der Waals surface area contributed by atoms with E-state index >= 15 is 0 Å². The maximum Gasteiger partial charge on any atom is 0.262 e. The second kappa shape index (κ2) is 8.73. The van der Waals surface area contributed by atoms with Crippen LogP contribution in [0.3, 0.4) is 0 Å². The molecule has 0 saturated carbocycles. The van der Waals surface area contributed by atoms with Crippen molar-refractivity contribution >= 4 is 34.5 Å². The zero-order valence-electron chi connectivity index (χ0n) is 16.1. The van der Waals surface area contributed by atoms with Crippen LogP contribution in [0.2, 0.25) is 5.02 Å². The van der Waals surface area contributed by atoms with Crippen LogP contribution in [0.4, 0.5) is 0 Å². The number of halogens is 1. The summed E-state index contributed by atoms with van der Waals surface area (Å²) in [5.74, 6) is -0.388. The summed E-state index contributed by atoms with van der Waals surface area (Å²) >= 11 is 5.96. The summed E-state index contributed by atoms with van der Waals surface area (Å²) in [5, 5.41) is 14.1. The summed E-state index contributed by atoms with van der Waals surface area (Å²) in [6.45, 7) is 0.442. The van der Waals surface area contributed by atoms with Gasteiger partial charge in [-0.05, 0) is 60.5 Å². The molecule has 0 spiro atoms. The highest BCUT2D eigenvalue weighted by Gasteiger charge is 2.11. The Labute approximate surface area is 179 Å². The Morgan fingerprint density at radius 2 is 1.93 bits per heavy atom. The third-order valence-electron chi connectivity index (χ3n) is 4.90. The molecule has 6 heteroatoms. The van der Waals surface area contributed by atoms with Crippen molar-refractivity contribution in [3.8, 4) is 11.8 Å². The number of carbonyl (C=O) groups is 1. The molecule has 2 aromatic carbocycles. The summed E-state index contributed by atoms with van der Waals surface area (Å²) in [6, 6.07) is 21.1. The first-order valence-corrected chi connectivity index (χ1v) is 9.92. The van der Waals surface area contributed by atoms with E-state index in [0.29, 0.717) is 18.0 Å². The predicted octanol–water partition coefficient (Wildman–Crippen LogP) is 4.88. The minimum Gasteiger partial charge on any atom is -0.361 e. The van der Waals surface area contributed by atoms with Gasteiger partial charge in [0.1, 0.15) is 11.6 Å². The van der Waals surface area contributed by atoms with Crippen molar-refractivity contribution in [2.24, 2.45) is 0 Å². The number of fused-ring (bicyclic) bond motifs is 1. The van der Waals surface area contributed by atoms with Crippen molar-refractivity contribution < 1.29 is 4.79 Å². The number of para-hydroxylation sites is 1. The summed E-state index contributed by atoms with van der Waals surface area (Å²) in [4.78, 5) is 15.8. The molecule has 148 valence electrons. The first-order chi connectivity index (χ1) is 14.7. The lowest BCUT2D eigenvalue weighted by Gasteiger charge is -2.08. The average molecular weight is 415 g/mol. The Morgan fingerprint density at radius 1 is 1.13 bits per heavy atom. The molecule has 0 unspecified atom stereocenters. The van der Waals surface area contributed by atoms with Crippen LogP contribution >= 0.6 is 11.6 Å². The lowest BCUT2D eigenvalue weighted by atomic mass is 10.1. The van der Waals surface area contributed by atoms with Crippen LogP contribution < -0.4 is 5.32 Å². The highest BCUT2D eigenvalue weighted by Crippen LogP contribution is 2.19. The van der Waals surface area contributed by atoms with Crippen molar-refractivity contribution in [1.29, 1.82) is 5.26 Å². The van der Waals surface area contributed by atoms with Crippen LogP contribution in [0.5, 0.6) is 0 Å². The molecule has 1 amide bonds. The van der Waals surface area contributed by atoms with Crippen LogP contribution in [-0.2, 0) is 11.2 Å². The molecule has 30 heavy (non-hydrogen) atoms. The van der Waals surface area contributed by atoms with Crippen molar-refractivity contribution in [2.75, 3.05) is 6.54 Å². The summed E-state index contributed by atoms with van der Waals surface area (Å²) < 4.78 is 1.90. The number of nitriles is 1. The fourth-order valence-electron chi connectivity index (χ4n) is 3.39. The van der Waals surface area contributed by atoms with E-state index in [1.807, 2.05) is 65.5 Å². The second-order valence-electron chi connectivity index (χ2n) is 6.81. The van der Waals surface area contributed by atoms with Gasteiger partial charge in [0, 0.05) is 46.2 Å². The quantitative estimate of drug-likeness (QED) is 0.348. The van der Waals surface area contributed by atoms with E-state index in [-0.39, 0.29) is 11.5 Å². The molecule has 0 bridgehead atoms. The van der Waals surface area contributed by atoms with Crippen LogP contribution in [0.15, 0.2) is 78.6 Å². The number of rotatable bonds is 6. The molecule has 0 atom stereocenters. The Kier molecular flexibility index (Phi) is 5.69. The van der Waals surface area contributed by atoms with Gasteiger partial charge in [0.2, 0.25) is 0 Å². The Bertz CT molecular complexity index is 1260. The molecule has 4 aromatic rings. The number of aromatic nitrogens is 2. The molecule has 0 aliphatic carbocycles. The molecule has 2 heterocycles. The minimum atomic E-state index is -0.388. The van der Waals surface area contributed by atoms with Gasteiger partial charge in [-0.1, -0.05) is 29.8 Å². The zero-order chi connectivity index (χ0) is 20.9. The van der Waals surface area contributed by atoms with E-state index in [2.05, 4.69) is 16.4 Å². The highest BCUT2D eigenvalue weighted by molar-refractivity contribution is 6.30. The number of aromatic amines is 1. The number of nitrogens with one attached hydrogen (secondary N) is 2. The van der Waals surface area contributed by atoms with E-state index in [4.69, 9.17) is 11.6 Å². The predicted molar refractivity (Wildman–Crippen MR) is 119 cm³/mol. The average Bonchev–Trinajstić information content (AvgIpc) is 3.39. The number of hydrogen-bond donors (Lipinski definition) is 2. The number of carbonyl (C=O) groups excluding carboxylic acids is 1. The molecule has 5 nitrogen and oxygen atoms in total. The Balaban J connectivity index is 1.46. The third kappa shape index (κ3) is 4.14. The van der Waals surface area contributed by atoms with Crippen LogP contribution in [0, 0.1) is 11.3 Å². The Morgan fingerprint density at radius 3 is 2.73 bits per heavy atom. The fourth-order valence-corrected chi connectivity index (χ4v) is 3.52. The van der Waals surface area contributed by atoms with Crippen LogP contribution in [-0.4, -0.2) is 22.0 Å². The lowest BCUT2D eigenvalue weighted by molar-refractivity contribution is -0.117. The first kappa shape index (κ1) is 19.6. The standard InChI is InChI=1S/C24H19ClN4O/c25-19-7-9-20(10-8-19)29-13-3-4-21(29)14-18(15-26)24(30)27-12-11-17-16-28-23-6-2-1-5-22(17)23/h1-10,13-14,16,28H,11-12H2,(H,27,30)/b18-14-. The lowest BCUT2D eigenvalue weighted by Crippen LogP contribution is -2.26. The maximum absolute atomic E-state index is 12.5. The largest absolute Gasteiger partial charge is 0.361 e. The van der Waals surface area contributed by atoms with Crippen molar-refractivity contribution in [2.45, 2.75) is 6.42 Å². The second-order valence-corrected chi connectivity index (χ2v) is 7.25. The molecule has 2 N–H and O–H groups in total. The first-order valence-electron chi connectivity index (χ1n) is 9.54. The summed E-state index contributed by atoms with van der Waals surface area (Å²) in [7, 11) is 0.